The summed E-state index contributed by atoms with van der Waals surface area (Å²) in [6, 6.07) is 20.9. The van der Waals surface area contributed by atoms with Crippen LogP contribution in [-0.4, -0.2) is 5.96 Å². The van der Waals surface area contributed by atoms with Gasteiger partial charge in [0.1, 0.15) is 0 Å². The molecule has 0 heterocycles. The summed E-state index contributed by atoms with van der Waals surface area (Å²) >= 11 is 7.41. The van der Waals surface area contributed by atoms with Gasteiger partial charge in [-0.05, 0) is 57.0 Å². The smallest absolute Gasteiger partial charge is 0.198 e. The van der Waals surface area contributed by atoms with Crippen molar-refractivity contribution in [2.75, 3.05) is 5.32 Å². The van der Waals surface area contributed by atoms with Gasteiger partial charge in [-0.25, -0.2) is 4.99 Å². The van der Waals surface area contributed by atoms with Gasteiger partial charge in [-0.2, -0.15) is 0 Å². The van der Waals surface area contributed by atoms with Gasteiger partial charge in [-0.3, -0.25) is 0 Å². The van der Waals surface area contributed by atoms with Crippen molar-refractivity contribution in [2.24, 2.45) is 10.7 Å². The van der Waals surface area contributed by atoms with Crippen molar-refractivity contribution in [3.8, 4) is 0 Å². The zero-order valence-electron chi connectivity index (χ0n) is 15.7. The van der Waals surface area contributed by atoms with E-state index in [1.165, 1.54) is 32.7 Å². The molecule has 0 amide bonds. The summed E-state index contributed by atoms with van der Waals surface area (Å²) in [6.45, 7) is 0. The lowest BCUT2D eigenvalue weighted by molar-refractivity contribution is 1.44. The molecular formula is C25H15Br2N3. The van der Waals surface area contributed by atoms with E-state index in [1.807, 2.05) is 6.07 Å². The van der Waals surface area contributed by atoms with Gasteiger partial charge in [0.25, 0.3) is 0 Å². The third kappa shape index (κ3) is 2.59. The van der Waals surface area contributed by atoms with Crippen LogP contribution in [0.1, 0.15) is 22.3 Å². The van der Waals surface area contributed by atoms with Gasteiger partial charge in [0.15, 0.2) is 5.96 Å². The second kappa shape index (κ2) is 6.56. The van der Waals surface area contributed by atoms with Gasteiger partial charge >= 0.3 is 0 Å². The van der Waals surface area contributed by atoms with Crippen molar-refractivity contribution < 1.29 is 0 Å². The zero-order chi connectivity index (χ0) is 20.4. The lowest BCUT2D eigenvalue weighted by Gasteiger charge is -2.13. The van der Waals surface area contributed by atoms with Crippen LogP contribution < -0.4 is 11.1 Å². The van der Waals surface area contributed by atoms with Crippen LogP contribution in [0.3, 0.4) is 0 Å². The van der Waals surface area contributed by atoms with E-state index in [0.717, 1.165) is 31.5 Å². The van der Waals surface area contributed by atoms with E-state index in [9.17, 15) is 0 Å². The molecule has 0 bridgehead atoms. The molecule has 2 aliphatic carbocycles. The topological polar surface area (TPSA) is 50.4 Å². The Morgan fingerprint density at radius 3 is 2.03 bits per heavy atom. The molecule has 30 heavy (non-hydrogen) atoms. The van der Waals surface area contributed by atoms with E-state index < -0.39 is 0 Å². The zero-order valence-corrected chi connectivity index (χ0v) is 18.9. The standard InChI is InChI=1S/C25H15Br2N3/c26-17-11-15-5-1-3-13-7-9-19(23(17)21(13)15)29-25(28)30-20-10-8-14-4-2-6-16-12-18(27)24(20)22(14)16/h1-12H,(H3,28,29,30). The Bertz CT molecular complexity index is 1500. The number of nitrogens with two attached hydrogens (primary N) is 1. The summed E-state index contributed by atoms with van der Waals surface area (Å²) in [6.07, 6.45) is 4.28. The molecule has 5 heteroatoms. The molecule has 4 aromatic carbocycles. The molecule has 4 aromatic rings. The summed E-state index contributed by atoms with van der Waals surface area (Å²) in [7, 11) is 0. The van der Waals surface area contributed by atoms with Crippen molar-refractivity contribution in [3.05, 3.63) is 82.9 Å². The number of rotatable bonds is 2. The van der Waals surface area contributed by atoms with E-state index in [0.29, 0.717) is 5.96 Å². The normalized spacial score (nSPS) is 14.4. The fourth-order valence-corrected chi connectivity index (χ4v) is 5.75. The highest BCUT2D eigenvalue weighted by molar-refractivity contribution is 9.15. The molecule has 144 valence electrons. The Morgan fingerprint density at radius 2 is 1.33 bits per heavy atom. The predicted octanol–water partition coefficient (Wildman–Crippen LogP) is 7.46. The van der Waals surface area contributed by atoms with E-state index in [2.05, 4.69) is 104 Å². The third-order valence-electron chi connectivity index (χ3n) is 5.68. The molecule has 3 nitrogen and oxygen atoms in total. The molecule has 0 spiro atoms. The maximum atomic E-state index is 6.37. The highest BCUT2D eigenvalue weighted by atomic mass is 79.9. The molecule has 0 fully saturated rings. The fraction of sp³-hybridized carbons (Fsp3) is 0. The van der Waals surface area contributed by atoms with Crippen molar-refractivity contribution >= 4 is 91.9 Å². The average Bonchev–Trinajstić information content (AvgIpc) is 3.25. The van der Waals surface area contributed by atoms with E-state index in [1.54, 1.807) is 0 Å². The summed E-state index contributed by atoms with van der Waals surface area (Å²) in [4.78, 5) is 4.73. The number of aliphatic imine (C=N–C) groups is 1. The van der Waals surface area contributed by atoms with Crippen LogP contribution in [0.2, 0.25) is 0 Å². The second-order valence-corrected chi connectivity index (χ2v) is 9.15. The van der Waals surface area contributed by atoms with Crippen LogP contribution in [0.25, 0.3) is 42.7 Å². The summed E-state index contributed by atoms with van der Waals surface area (Å²) in [5.74, 6) is 0.357. The maximum absolute atomic E-state index is 6.37. The highest BCUT2D eigenvalue weighted by Gasteiger charge is 2.20. The monoisotopic (exact) mass is 515 g/mol. The van der Waals surface area contributed by atoms with Gasteiger partial charge < -0.3 is 11.1 Å². The first-order valence-electron chi connectivity index (χ1n) is 9.58. The first-order valence-corrected chi connectivity index (χ1v) is 11.2. The van der Waals surface area contributed by atoms with Crippen molar-refractivity contribution in [1.82, 2.24) is 0 Å². The Kier molecular flexibility index (Phi) is 3.92. The van der Waals surface area contributed by atoms with Crippen molar-refractivity contribution in [1.29, 1.82) is 0 Å². The van der Waals surface area contributed by atoms with Gasteiger partial charge in [-0.15, -0.1) is 0 Å². The summed E-state index contributed by atoms with van der Waals surface area (Å²) in [5.41, 5.74) is 12.7. The molecule has 3 N–H and O–H groups in total. The molecule has 0 aliphatic heterocycles. The number of benzene rings is 4. The van der Waals surface area contributed by atoms with Crippen molar-refractivity contribution in [2.45, 2.75) is 0 Å². The molecule has 6 rings (SSSR count). The number of hydrogen-bond donors (Lipinski definition) is 2. The first kappa shape index (κ1) is 17.9. The van der Waals surface area contributed by atoms with Gasteiger partial charge in [0.2, 0.25) is 0 Å². The largest absolute Gasteiger partial charge is 0.369 e. The predicted molar refractivity (Wildman–Crippen MR) is 136 cm³/mol. The Hall–Kier alpha value is -2.89. The number of nitrogens with one attached hydrogen (secondary N) is 1. The number of nitrogens with zero attached hydrogens (tertiary/aromatic N) is 1. The molecule has 0 saturated heterocycles. The first-order chi connectivity index (χ1) is 14.6. The number of halogens is 2. The average molecular weight is 517 g/mol. The fourth-order valence-electron chi connectivity index (χ4n) is 4.44. The molecule has 0 atom stereocenters. The van der Waals surface area contributed by atoms with E-state index >= 15 is 0 Å². The Balaban J connectivity index is 1.44. The maximum Gasteiger partial charge on any atom is 0.198 e. The lowest BCUT2D eigenvalue weighted by Crippen LogP contribution is -2.22. The Morgan fingerprint density at radius 1 is 0.733 bits per heavy atom. The van der Waals surface area contributed by atoms with Crippen LogP contribution in [0.4, 0.5) is 11.4 Å². The molecule has 2 aliphatic rings. The molecule has 0 aromatic heterocycles. The number of hydrogen-bond acceptors (Lipinski definition) is 1. The molecular weight excluding hydrogens is 502 g/mol. The van der Waals surface area contributed by atoms with Gasteiger partial charge in [-0.1, -0.05) is 80.4 Å². The molecule has 0 radical (unpaired) electrons. The van der Waals surface area contributed by atoms with Crippen LogP contribution >= 0.6 is 31.9 Å². The van der Waals surface area contributed by atoms with Crippen molar-refractivity contribution in [3.63, 3.8) is 0 Å². The van der Waals surface area contributed by atoms with Gasteiger partial charge in [0.05, 0.1) is 5.69 Å². The lowest BCUT2D eigenvalue weighted by atomic mass is 10.0. The second-order valence-electron chi connectivity index (χ2n) is 7.45. The minimum absolute atomic E-state index is 0.357. The summed E-state index contributed by atoms with van der Waals surface area (Å²) < 4.78 is 2.07. The van der Waals surface area contributed by atoms with E-state index in [-0.39, 0.29) is 0 Å². The van der Waals surface area contributed by atoms with Crippen LogP contribution in [-0.2, 0) is 0 Å². The molecule has 0 saturated carbocycles. The minimum Gasteiger partial charge on any atom is -0.369 e. The van der Waals surface area contributed by atoms with Gasteiger partial charge in [0, 0.05) is 25.8 Å². The number of guanidine groups is 1. The highest BCUT2D eigenvalue weighted by Crippen LogP contribution is 2.45. The van der Waals surface area contributed by atoms with Crippen LogP contribution in [0, 0.1) is 0 Å². The molecule has 0 unspecified atom stereocenters. The summed E-state index contributed by atoms with van der Waals surface area (Å²) in [5, 5.41) is 8.15. The van der Waals surface area contributed by atoms with E-state index in [4.69, 9.17) is 10.7 Å². The SMILES string of the molecule is NC(=Nc1ccc2cccc3c2c1C(Br)=C3)Nc1ccc2cccc3c2c1C(Br)=C3. The Labute approximate surface area is 190 Å². The minimum atomic E-state index is 0.357. The quantitative estimate of drug-likeness (QED) is 0.214. The van der Waals surface area contributed by atoms with Crippen LogP contribution in [0.15, 0.2) is 65.7 Å². The number of anilines is 1. The third-order valence-corrected chi connectivity index (χ3v) is 6.93. The van der Waals surface area contributed by atoms with Crippen LogP contribution in [0.5, 0.6) is 0 Å².